The molecule has 0 aromatic heterocycles. The van der Waals surface area contributed by atoms with Crippen molar-refractivity contribution in [1.82, 2.24) is 0 Å². The highest BCUT2D eigenvalue weighted by atomic mass is 35.5. The van der Waals surface area contributed by atoms with E-state index < -0.39 is 5.60 Å². The standard InChI is InChI=1S/C17H16Cl2O3/c1-9-15(12-3-2-11(18)6-13(12)19)16(20)17(22-9)5-4-10(7-17)14-8-21-14/h2-3,6,10,14,20H,1,4-5,7-8H2. The molecular formula is C17H16Cl2O3. The second kappa shape index (κ2) is 4.92. The lowest BCUT2D eigenvalue weighted by Gasteiger charge is -2.23. The summed E-state index contributed by atoms with van der Waals surface area (Å²) in [5, 5.41) is 11.9. The molecule has 0 bridgehead atoms. The van der Waals surface area contributed by atoms with Gasteiger partial charge in [0.25, 0.3) is 0 Å². The molecular weight excluding hydrogens is 323 g/mol. The number of halogens is 2. The van der Waals surface area contributed by atoms with Crippen molar-refractivity contribution in [3.05, 3.63) is 51.9 Å². The van der Waals surface area contributed by atoms with E-state index in [0.717, 1.165) is 25.9 Å². The van der Waals surface area contributed by atoms with Crippen molar-refractivity contribution in [1.29, 1.82) is 0 Å². The van der Waals surface area contributed by atoms with Gasteiger partial charge in [-0.05, 0) is 37.3 Å². The Bertz CT molecular complexity index is 693. The molecule has 1 spiro atoms. The minimum Gasteiger partial charge on any atom is -0.507 e. The number of benzene rings is 1. The third-order valence-electron chi connectivity index (χ3n) is 4.86. The minimum atomic E-state index is -0.661. The first-order chi connectivity index (χ1) is 10.5. The largest absolute Gasteiger partial charge is 0.507 e. The zero-order valence-electron chi connectivity index (χ0n) is 11.9. The number of allylic oxidation sites excluding steroid dienone is 1. The van der Waals surface area contributed by atoms with E-state index in [1.54, 1.807) is 18.2 Å². The van der Waals surface area contributed by atoms with Crippen LogP contribution in [0.25, 0.3) is 5.57 Å². The molecule has 0 amide bonds. The SMILES string of the molecule is C=C1OC2(CCC(C3CO3)C2)C(O)=C1c1ccc(Cl)cc1Cl. The molecule has 1 aromatic rings. The molecule has 0 radical (unpaired) electrons. The van der Waals surface area contributed by atoms with Crippen LogP contribution in [0.1, 0.15) is 24.8 Å². The molecule has 1 saturated carbocycles. The normalized spacial score (nSPS) is 33.6. The lowest BCUT2D eigenvalue weighted by atomic mass is 9.93. The smallest absolute Gasteiger partial charge is 0.166 e. The monoisotopic (exact) mass is 338 g/mol. The zero-order chi connectivity index (χ0) is 15.5. The fourth-order valence-corrected chi connectivity index (χ4v) is 4.17. The van der Waals surface area contributed by atoms with Gasteiger partial charge in [-0.25, -0.2) is 0 Å². The van der Waals surface area contributed by atoms with Gasteiger partial charge >= 0.3 is 0 Å². The summed E-state index contributed by atoms with van der Waals surface area (Å²) in [5.74, 6) is 1.15. The van der Waals surface area contributed by atoms with Crippen LogP contribution in [-0.2, 0) is 9.47 Å². The molecule has 3 aliphatic rings. The van der Waals surface area contributed by atoms with E-state index in [4.69, 9.17) is 32.7 Å². The number of aliphatic hydroxyl groups is 1. The Morgan fingerprint density at radius 1 is 1.32 bits per heavy atom. The third-order valence-corrected chi connectivity index (χ3v) is 5.41. The van der Waals surface area contributed by atoms with Gasteiger partial charge in [0.15, 0.2) is 5.60 Å². The van der Waals surface area contributed by atoms with Gasteiger partial charge in [0, 0.05) is 10.6 Å². The highest BCUT2D eigenvalue weighted by Gasteiger charge is 2.54. The first-order valence-electron chi connectivity index (χ1n) is 7.39. The lowest BCUT2D eigenvalue weighted by Crippen LogP contribution is -2.28. The molecule has 1 aromatic carbocycles. The van der Waals surface area contributed by atoms with Crippen LogP contribution in [0.5, 0.6) is 0 Å². The van der Waals surface area contributed by atoms with E-state index in [9.17, 15) is 5.11 Å². The van der Waals surface area contributed by atoms with Crippen molar-refractivity contribution < 1.29 is 14.6 Å². The van der Waals surface area contributed by atoms with Gasteiger partial charge in [-0.3, -0.25) is 0 Å². The quantitative estimate of drug-likeness (QED) is 0.791. The van der Waals surface area contributed by atoms with Gasteiger partial charge in [-0.15, -0.1) is 0 Å². The molecule has 3 nitrogen and oxygen atoms in total. The van der Waals surface area contributed by atoms with E-state index in [2.05, 4.69) is 6.58 Å². The summed E-state index contributed by atoms with van der Waals surface area (Å²) in [6.07, 6.45) is 2.85. The maximum Gasteiger partial charge on any atom is 0.166 e. The van der Waals surface area contributed by atoms with Crippen molar-refractivity contribution in [2.24, 2.45) is 5.92 Å². The van der Waals surface area contributed by atoms with Crippen LogP contribution in [0.4, 0.5) is 0 Å². The van der Waals surface area contributed by atoms with Crippen molar-refractivity contribution in [3.63, 3.8) is 0 Å². The minimum absolute atomic E-state index is 0.241. The van der Waals surface area contributed by atoms with Crippen LogP contribution in [0.2, 0.25) is 10.0 Å². The second-order valence-corrected chi connectivity index (χ2v) is 7.09. The number of epoxide rings is 1. The Morgan fingerprint density at radius 3 is 2.77 bits per heavy atom. The third kappa shape index (κ3) is 2.15. The van der Waals surface area contributed by atoms with Crippen LogP contribution in [0.3, 0.4) is 0 Å². The average Bonchev–Trinajstić information content (AvgIpc) is 3.18. The molecule has 1 N–H and O–H groups in total. The van der Waals surface area contributed by atoms with E-state index in [1.807, 2.05) is 0 Å². The summed E-state index contributed by atoms with van der Waals surface area (Å²) in [6, 6.07) is 5.20. The van der Waals surface area contributed by atoms with Crippen molar-refractivity contribution in [2.75, 3.05) is 6.61 Å². The van der Waals surface area contributed by atoms with E-state index in [1.165, 1.54) is 0 Å². The molecule has 116 valence electrons. The Hall–Kier alpha value is -1.16. The number of rotatable bonds is 2. The summed E-state index contributed by atoms with van der Waals surface area (Å²) < 4.78 is 11.4. The molecule has 1 aliphatic carbocycles. The van der Waals surface area contributed by atoms with Crippen LogP contribution in [0, 0.1) is 5.92 Å². The molecule has 2 aliphatic heterocycles. The maximum atomic E-state index is 10.8. The van der Waals surface area contributed by atoms with E-state index >= 15 is 0 Å². The Balaban J connectivity index is 1.73. The highest BCUT2D eigenvalue weighted by Crippen LogP contribution is 2.54. The van der Waals surface area contributed by atoms with E-state index in [0.29, 0.717) is 39.0 Å². The predicted molar refractivity (Wildman–Crippen MR) is 86.0 cm³/mol. The Labute approximate surface area is 139 Å². The molecule has 22 heavy (non-hydrogen) atoms. The average molecular weight is 339 g/mol. The molecule has 4 rings (SSSR count). The first-order valence-corrected chi connectivity index (χ1v) is 8.15. The van der Waals surface area contributed by atoms with E-state index in [-0.39, 0.29) is 5.76 Å². The van der Waals surface area contributed by atoms with Crippen LogP contribution in [0.15, 0.2) is 36.3 Å². The Morgan fingerprint density at radius 2 is 2.09 bits per heavy atom. The topological polar surface area (TPSA) is 42.0 Å². The van der Waals surface area contributed by atoms with Crippen molar-refractivity contribution >= 4 is 28.8 Å². The fraction of sp³-hybridized carbons (Fsp3) is 0.412. The first kappa shape index (κ1) is 14.4. The molecule has 3 unspecified atom stereocenters. The van der Waals surface area contributed by atoms with Gasteiger partial charge in [0.1, 0.15) is 11.5 Å². The van der Waals surface area contributed by atoms with Gasteiger partial charge in [0.05, 0.1) is 23.3 Å². The second-order valence-electron chi connectivity index (χ2n) is 6.24. The van der Waals surface area contributed by atoms with Crippen LogP contribution >= 0.6 is 23.2 Å². The van der Waals surface area contributed by atoms with Crippen LogP contribution in [-0.4, -0.2) is 23.4 Å². The summed E-state index contributed by atoms with van der Waals surface area (Å²) in [5.41, 5.74) is 0.641. The van der Waals surface area contributed by atoms with Gasteiger partial charge in [0.2, 0.25) is 0 Å². The summed E-state index contributed by atoms with van der Waals surface area (Å²) >= 11 is 12.2. The summed E-state index contributed by atoms with van der Waals surface area (Å²) in [6.45, 7) is 4.79. The number of hydrogen-bond donors (Lipinski definition) is 1. The van der Waals surface area contributed by atoms with Crippen molar-refractivity contribution in [2.45, 2.75) is 31.0 Å². The predicted octanol–water partition coefficient (Wildman–Crippen LogP) is 4.74. The summed E-state index contributed by atoms with van der Waals surface area (Å²) in [4.78, 5) is 0. The Kier molecular flexibility index (Phi) is 3.23. The van der Waals surface area contributed by atoms with Crippen molar-refractivity contribution in [3.8, 4) is 0 Å². The van der Waals surface area contributed by atoms with Gasteiger partial charge in [-0.2, -0.15) is 0 Å². The maximum absolute atomic E-state index is 10.8. The molecule has 1 saturated heterocycles. The highest BCUT2D eigenvalue weighted by molar-refractivity contribution is 6.35. The van der Waals surface area contributed by atoms with Gasteiger partial charge < -0.3 is 14.6 Å². The molecule has 2 heterocycles. The van der Waals surface area contributed by atoms with Gasteiger partial charge in [-0.1, -0.05) is 35.8 Å². The fourth-order valence-electron chi connectivity index (χ4n) is 3.66. The number of aliphatic hydroxyl groups excluding tert-OH is 1. The zero-order valence-corrected chi connectivity index (χ0v) is 13.5. The number of ether oxygens (including phenoxy) is 2. The molecule has 2 fully saturated rings. The molecule has 3 atom stereocenters. The number of hydrogen-bond acceptors (Lipinski definition) is 3. The lowest BCUT2D eigenvalue weighted by molar-refractivity contribution is 0.0289. The van der Waals surface area contributed by atoms with Crippen LogP contribution < -0.4 is 0 Å². The summed E-state index contributed by atoms with van der Waals surface area (Å²) in [7, 11) is 0. The molecule has 5 heteroatoms.